The van der Waals surface area contributed by atoms with E-state index in [4.69, 9.17) is 10.6 Å². The van der Waals surface area contributed by atoms with E-state index in [1.807, 2.05) is 18.2 Å². The zero-order valence-corrected chi connectivity index (χ0v) is 11.4. The van der Waals surface area contributed by atoms with Gasteiger partial charge < -0.3 is 4.74 Å². The number of aromatic nitrogens is 3. The molecule has 1 aromatic heterocycles. The Morgan fingerprint density at radius 2 is 2.39 bits per heavy atom. The van der Waals surface area contributed by atoms with E-state index >= 15 is 0 Å². The molecule has 0 aliphatic rings. The smallest absolute Gasteiger partial charge is 0.143 e. The molecule has 1 aromatic carbocycles. The van der Waals surface area contributed by atoms with Crippen LogP contribution in [0, 0.1) is 0 Å². The lowest BCUT2D eigenvalue weighted by atomic mass is 10.1. The fourth-order valence-corrected chi connectivity index (χ4v) is 2.28. The van der Waals surface area contributed by atoms with E-state index in [-0.39, 0.29) is 6.04 Å². The molecule has 0 spiro atoms. The Hall–Kier alpha value is -1.44. The molecule has 18 heavy (non-hydrogen) atoms. The summed E-state index contributed by atoms with van der Waals surface area (Å²) in [4.78, 5) is 4.09. The van der Waals surface area contributed by atoms with Crippen LogP contribution in [-0.2, 0) is 6.42 Å². The van der Waals surface area contributed by atoms with E-state index in [2.05, 4.69) is 36.5 Å². The van der Waals surface area contributed by atoms with Crippen molar-refractivity contribution in [3.63, 3.8) is 0 Å². The molecule has 0 fully saturated rings. The van der Waals surface area contributed by atoms with Crippen LogP contribution in [0.1, 0.15) is 17.4 Å². The van der Waals surface area contributed by atoms with Gasteiger partial charge in [-0.1, -0.05) is 6.07 Å². The summed E-state index contributed by atoms with van der Waals surface area (Å²) in [6.07, 6.45) is 2.16. The summed E-state index contributed by atoms with van der Waals surface area (Å²) in [5.41, 5.74) is 3.83. The number of hydrogen-bond acceptors (Lipinski definition) is 5. The average Bonchev–Trinajstić information content (AvgIpc) is 2.90. The molecule has 0 bridgehead atoms. The third-order valence-electron chi connectivity index (χ3n) is 2.62. The predicted molar refractivity (Wildman–Crippen MR) is 70.8 cm³/mol. The van der Waals surface area contributed by atoms with E-state index in [0.29, 0.717) is 12.2 Å². The number of hydrogen-bond donors (Lipinski definition) is 3. The highest BCUT2D eigenvalue weighted by atomic mass is 79.9. The Kier molecular flexibility index (Phi) is 4.29. The lowest BCUT2D eigenvalue weighted by Crippen LogP contribution is -2.30. The summed E-state index contributed by atoms with van der Waals surface area (Å²) in [5, 5.41) is 6.62. The van der Waals surface area contributed by atoms with Crippen molar-refractivity contribution in [3.05, 3.63) is 40.4 Å². The van der Waals surface area contributed by atoms with E-state index in [1.54, 1.807) is 7.11 Å². The van der Waals surface area contributed by atoms with Gasteiger partial charge in [0.1, 0.15) is 17.9 Å². The predicted octanol–water partition coefficient (Wildman–Crippen LogP) is 1.32. The standard InChI is InChI=1S/C11H14BrN5O/c1-18-10-3-2-7(4-8(10)12)5-9(16-13)11-14-6-15-17-11/h2-4,6,9,16H,5,13H2,1H3,(H,14,15,17). The van der Waals surface area contributed by atoms with Crippen LogP contribution in [0.2, 0.25) is 0 Å². The highest BCUT2D eigenvalue weighted by Crippen LogP contribution is 2.27. The molecule has 0 aliphatic carbocycles. The lowest BCUT2D eigenvalue weighted by Gasteiger charge is -2.13. The molecule has 1 unspecified atom stereocenters. The van der Waals surface area contributed by atoms with Crippen molar-refractivity contribution in [1.82, 2.24) is 20.6 Å². The molecule has 0 aliphatic heterocycles. The van der Waals surface area contributed by atoms with Crippen LogP contribution >= 0.6 is 15.9 Å². The van der Waals surface area contributed by atoms with Crippen LogP contribution in [0.4, 0.5) is 0 Å². The van der Waals surface area contributed by atoms with Gasteiger partial charge in [0.15, 0.2) is 0 Å². The minimum atomic E-state index is -0.104. The number of nitrogens with zero attached hydrogens (tertiary/aromatic N) is 2. The number of halogens is 1. The summed E-state index contributed by atoms with van der Waals surface area (Å²) in [5.74, 6) is 7.05. The third-order valence-corrected chi connectivity index (χ3v) is 3.24. The van der Waals surface area contributed by atoms with E-state index in [9.17, 15) is 0 Å². The zero-order valence-electron chi connectivity index (χ0n) is 9.85. The second kappa shape index (κ2) is 5.94. The van der Waals surface area contributed by atoms with Gasteiger partial charge in [-0.2, -0.15) is 5.10 Å². The fourth-order valence-electron chi connectivity index (χ4n) is 1.69. The van der Waals surface area contributed by atoms with Gasteiger partial charge in [-0.05, 0) is 40.0 Å². The number of ether oxygens (including phenoxy) is 1. The Morgan fingerprint density at radius 3 is 2.94 bits per heavy atom. The van der Waals surface area contributed by atoms with Gasteiger partial charge in [0.25, 0.3) is 0 Å². The number of benzene rings is 1. The fraction of sp³-hybridized carbons (Fsp3) is 0.273. The van der Waals surface area contributed by atoms with E-state index < -0.39 is 0 Å². The quantitative estimate of drug-likeness (QED) is 0.572. The van der Waals surface area contributed by atoms with Crippen molar-refractivity contribution < 1.29 is 4.74 Å². The largest absolute Gasteiger partial charge is 0.496 e. The molecule has 0 amide bonds. The molecule has 96 valence electrons. The Bertz CT molecular complexity index is 502. The van der Waals surface area contributed by atoms with Gasteiger partial charge in [0.05, 0.1) is 17.6 Å². The molecule has 4 N–H and O–H groups in total. The molecule has 0 radical (unpaired) electrons. The van der Waals surface area contributed by atoms with Crippen molar-refractivity contribution in [2.75, 3.05) is 7.11 Å². The molecule has 7 heteroatoms. The molecule has 2 aromatic rings. The van der Waals surface area contributed by atoms with Crippen molar-refractivity contribution >= 4 is 15.9 Å². The van der Waals surface area contributed by atoms with Gasteiger partial charge in [0, 0.05) is 0 Å². The second-order valence-electron chi connectivity index (χ2n) is 3.76. The average molecular weight is 312 g/mol. The highest BCUT2D eigenvalue weighted by Gasteiger charge is 2.14. The third kappa shape index (κ3) is 2.87. The first-order valence-corrected chi connectivity index (χ1v) is 6.17. The molecule has 1 atom stereocenters. The molecular formula is C11H14BrN5O. The van der Waals surface area contributed by atoms with Crippen LogP contribution in [0.5, 0.6) is 5.75 Å². The van der Waals surface area contributed by atoms with Crippen LogP contribution in [0.3, 0.4) is 0 Å². The lowest BCUT2D eigenvalue weighted by molar-refractivity contribution is 0.412. The molecule has 0 saturated heterocycles. The topological polar surface area (TPSA) is 88.8 Å². The van der Waals surface area contributed by atoms with Crippen LogP contribution in [0.25, 0.3) is 0 Å². The normalized spacial score (nSPS) is 12.4. The number of nitrogens with one attached hydrogen (secondary N) is 2. The summed E-state index contributed by atoms with van der Waals surface area (Å²) in [6, 6.07) is 5.80. The Balaban J connectivity index is 2.15. The van der Waals surface area contributed by atoms with Crippen molar-refractivity contribution in [1.29, 1.82) is 0 Å². The first kappa shape index (κ1) is 13.0. The number of rotatable bonds is 5. The van der Waals surface area contributed by atoms with Crippen LogP contribution in [-0.4, -0.2) is 22.3 Å². The van der Waals surface area contributed by atoms with Gasteiger partial charge >= 0.3 is 0 Å². The van der Waals surface area contributed by atoms with Gasteiger partial charge in [-0.25, -0.2) is 10.4 Å². The van der Waals surface area contributed by atoms with Gasteiger partial charge in [-0.3, -0.25) is 10.9 Å². The molecule has 6 nitrogen and oxygen atoms in total. The number of nitrogens with two attached hydrogens (primary N) is 1. The number of H-pyrrole nitrogens is 1. The minimum Gasteiger partial charge on any atom is -0.496 e. The van der Waals surface area contributed by atoms with Gasteiger partial charge in [0.2, 0.25) is 0 Å². The Morgan fingerprint density at radius 1 is 1.56 bits per heavy atom. The minimum absolute atomic E-state index is 0.104. The molecule has 2 rings (SSSR count). The maximum atomic E-state index is 5.53. The summed E-state index contributed by atoms with van der Waals surface area (Å²) in [7, 11) is 1.64. The molecular weight excluding hydrogens is 298 g/mol. The molecule has 0 saturated carbocycles. The SMILES string of the molecule is COc1ccc(CC(NN)c2ncn[nH]2)cc1Br. The highest BCUT2D eigenvalue weighted by molar-refractivity contribution is 9.10. The second-order valence-corrected chi connectivity index (χ2v) is 4.62. The summed E-state index contributed by atoms with van der Waals surface area (Å²) >= 11 is 3.46. The number of aromatic amines is 1. The number of methoxy groups -OCH3 is 1. The van der Waals surface area contributed by atoms with Gasteiger partial charge in [-0.15, -0.1) is 0 Å². The maximum Gasteiger partial charge on any atom is 0.143 e. The van der Waals surface area contributed by atoms with Crippen LogP contribution in [0.15, 0.2) is 29.0 Å². The maximum absolute atomic E-state index is 5.53. The van der Waals surface area contributed by atoms with Crippen LogP contribution < -0.4 is 16.0 Å². The van der Waals surface area contributed by atoms with Crippen molar-refractivity contribution in [3.8, 4) is 5.75 Å². The first-order chi connectivity index (χ1) is 8.74. The van der Waals surface area contributed by atoms with E-state index in [0.717, 1.165) is 15.8 Å². The Labute approximate surface area is 113 Å². The van der Waals surface area contributed by atoms with E-state index in [1.165, 1.54) is 6.33 Å². The van der Waals surface area contributed by atoms with Crippen molar-refractivity contribution in [2.45, 2.75) is 12.5 Å². The number of hydrazine groups is 1. The monoisotopic (exact) mass is 311 g/mol. The first-order valence-electron chi connectivity index (χ1n) is 5.38. The summed E-state index contributed by atoms with van der Waals surface area (Å²) < 4.78 is 6.10. The summed E-state index contributed by atoms with van der Waals surface area (Å²) in [6.45, 7) is 0. The zero-order chi connectivity index (χ0) is 13.0. The molecule has 1 heterocycles. The van der Waals surface area contributed by atoms with Crippen molar-refractivity contribution in [2.24, 2.45) is 5.84 Å².